The maximum atomic E-state index is 5.75. The summed E-state index contributed by atoms with van der Waals surface area (Å²) in [5.41, 5.74) is 9.23. The highest BCUT2D eigenvalue weighted by atomic mass is 16.5. The van der Waals surface area contributed by atoms with Crippen LogP contribution in [0.1, 0.15) is 29.7 Å². The molecular weight excluding hydrogens is 212 g/mol. The van der Waals surface area contributed by atoms with E-state index in [0.29, 0.717) is 5.92 Å². The molecule has 0 bridgehead atoms. The summed E-state index contributed by atoms with van der Waals surface area (Å²) < 4.78 is 5.44. The number of aromatic nitrogens is 1. The van der Waals surface area contributed by atoms with E-state index in [4.69, 9.17) is 10.5 Å². The van der Waals surface area contributed by atoms with E-state index < -0.39 is 0 Å². The lowest BCUT2D eigenvalue weighted by Gasteiger charge is -2.36. The van der Waals surface area contributed by atoms with Gasteiger partial charge in [0, 0.05) is 23.0 Å². The van der Waals surface area contributed by atoms with Gasteiger partial charge in [-0.05, 0) is 51.5 Å². The van der Waals surface area contributed by atoms with Crippen molar-refractivity contribution in [1.29, 1.82) is 0 Å². The molecule has 0 amide bonds. The molecule has 0 radical (unpaired) electrons. The SMILES string of the molecule is COc1c(C)cnc(CC2CCC2CN)c1C. The Kier molecular flexibility index (Phi) is 3.67. The number of hydrogen-bond donors (Lipinski definition) is 1. The largest absolute Gasteiger partial charge is 0.496 e. The van der Waals surface area contributed by atoms with E-state index in [1.54, 1.807) is 7.11 Å². The summed E-state index contributed by atoms with van der Waals surface area (Å²) in [5, 5.41) is 0. The predicted octanol–water partition coefficient (Wildman–Crippen LogP) is 2.23. The first-order valence-corrected chi connectivity index (χ1v) is 6.36. The molecule has 1 aliphatic rings. The summed E-state index contributed by atoms with van der Waals surface area (Å²) in [7, 11) is 1.73. The van der Waals surface area contributed by atoms with Gasteiger partial charge in [-0.25, -0.2) is 0 Å². The predicted molar refractivity (Wildman–Crippen MR) is 69.2 cm³/mol. The van der Waals surface area contributed by atoms with Crippen LogP contribution in [0.5, 0.6) is 5.75 Å². The van der Waals surface area contributed by atoms with Crippen LogP contribution in [0.3, 0.4) is 0 Å². The summed E-state index contributed by atoms with van der Waals surface area (Å²) in [6.45, 7) is 4.95. The van der Waals surface area contributed by atoms with Gasteiger partial charge in [0.2, 0.25) is 0 Å². The standard InChI is InChI=1S/C14H22N2O/c1-9-8-16-13(10(2)14(9)17-3)6-11-4-5-12(11)7-15/h8,11-12H,4-7,15H2,1-3H3. The van der Waals surface area contributed by atoms with Crippen LogP contribution in [0.15, 0.2) is 6.20 Å². The van der Waals surface area contributed by atoms with Crippen molar-refractivity contribution in [3.05, 3.63) is 23.0 Å². The Hall–Kier alpha value is -1.09. The van der Waals surface area contributed by atoms with Crippen LogP contribution in [0.4, 0.5) is 0 Å². The number of ether oxygens (including phenoxy) is 1. The normalized spacial score (nSPS) is 23.3. The third-order valence-corrected chi connectivity index (χ3v) is 4.08. The Morgan fingerprint density at radius 2 is 2.06 bits per heavy atom. The molecule has 0 aliphatic heterocycles. The average molecular weight is 234 g/mol. The number of rotatable bonds is 4. The summed E-state index contributed by atoms with van der Waals surface area (Å²) in [4.78, 5) is 4.56. The van der Waals surface area contributed by atoms with Crippen molar-refractivity contribution in [2.24, 2.45) is 17.6 Å². The van der Waals surface area contributed by atoms with Gasteiger partial charge in [-0.15, -0.1) is 0 Å². The molecule has 0 saturated heterocycles. The van der Waals surface area contributed by atoms with E-state index in [2.05, 4.69) is 11.9 Å². The van der Waals surface area contributed by atoms with Crippen molar-refractivity contribution in [3.8, 4) is 5.75 Å². The Morgan fingerprint density at radius 3 is 2.59 bits per heavy atom. The zero-order valence-corrected chi connectivity index (χ0v) is 11.0. The van der Waals surface area contributed by atoms with Gasteiger partial charge in [0.05, 0.1) is 7.11 Å². The smallest absolute Gasteiger partial charge is 0.128 e. The number of nitrogens with two attached hydrogens (primary N) is 1. The van der Waals surface area contributed by atoms with Crippen LogP contribution in [0, 0.1) is 25.7 Å². The highest BCUT2D eigenvalue weighted by Gasteiger charge is 2.30. The maximum Gasteiger partial charge on any atom is 0.128 e. The number of aryl methyl sites for hydroxylation is 1. The Bertz CT molecular complexity index is 401. The minimum atomic E-state index is 0.698. The fourth-order valence-electron chi connectivity index (χ4n) is 2.74. The van der Waals surface area contributed by atoms with Gasteiger partial charge >= 0.3 is 0 Å². The molecule has 1 aromatic rings. The van der Waals surface area contributed by atoms with Gasteiger partial charge in [0.25, 0.3) is 0 Å². The molecule has 3 heteroatoms. The van der Waals surface area contributed by atoms with Gasteiger partial charge in [-0.3, -0.25) is 4.98 Å². The first kappa shape index (κ1) is 12.4. The third kappa shape index (κ3) is 2.29. The van der Waals surface area contributed by atoms with Crippen LogP contribution in [0.25, 0.3) is 0 Å². The van der Waals surface area contributed by atoms with E-state index in [1.165, 1.54) is 24.1 Å². The lowest BCUT2D eigenvalue weighted by Crippen LogP contribution is -2.34. The minimum absolute atomic E-state index is 0.698. The molecule has 3 nitrogen and oxygen atoms in total. The van der Waals surface area contributed by atoms with Gasteiger partial charge < -0.3 is 10.5 Å². The van der Waals surface area contributed by atoms with Gasteiger partial charge in [0.15, 0.2) is 0 Å². The van der Waals surface area contributed by atoms with Gasteiger partial charge in [0.1, 0.15) is 5.75 Å². The molecule has 1 heterocycles. The van der Waals surface area contributed by atoms with E-state index >= 15 is 0 Å². The highest BCUT2D eigenvalue weighted by Crippen LogP contribution is 2.37. The summed E-state index contributed by atoms with van der Waals surface area (Å²) >= 11 is 0. The Labute approximate surface area is 103 Å². The number of methoxy groups -OCH3 is 1. The first-order chi connectivity index (χ1) is 8.17. The van der Waals surface area contributed by atoms with E-state index in [9.17, 15) is 0 Å². The molecule has 1 fully saturated rings. The molecule has 17 heavy (non-hydrogen) atoms. The molecule has 2 unspecified atom stereocenters. The molecule has 2 atom stereocenters. The average Bonchev–Trinajstić information content (AvgIpc) is 2.28. The van der Waals surface area contributed by atoms with Crippen molar-refractivity contribution in [1.82, 2.24) is 4.98 Å². The maximum absolute atomic E-state index is 5.75. The van der Waals surface area contributed by atoms with E-state index in [-0.39, 0.29) is 0 Å². The van der Waals surface area contributed by atoms with Crippen LogP contribution in [-0.2, 0) is 6.42 Å². The third-order valence-electron chi connectivity index (χ3n) is 4.08. The van der Waals surface area contributed by atoms with E-state index in [0.717, 1.165) is 30.2 Å². The van der Waals surface area contributed by atoms with Crippen LogP contribution >= 0.6 is 0 Å². The van der Waals surface area contributed by atoms with E-state index in [1.807, 2.05) is 13.1 Å². The Balaban J connectivity index is 2.16. The lowest BCUT2D eigenvalue weighted by molar-refractivity contribution is 0.181. The molecular formula is C14H22N2O. The highest BCUT2D eigenvalue weighted by molar-refractivity contribution is 5.41. The second kappa shape index (κ2) is 5.05. The van der Waals surface area contributed by atoms with Crippen molar-refractivity contribution in [3.63, 3.8) is 0 Å². The lowest BCUT2D eigenvalue weighted by atomic mass is 9.71. The monoisotopic (exact) mass is 234 g/mol. The van der Waals surface area contributed by atoms with Crippen LogP contribution in [0.2, 0.25) is 0 Å². The molecule has 0 aromatic carbocycles. The zero-order chi connectivity index (χ0) is 12.4. The van der Waals surface area contributed by atoms with Crippen LogP contribution in [-0.4, -0.2) is 18.6 Å². The van der Waals surface area contributed by atoms with Gasteiger partial charge in [-0.2, -0.15) is 0 Å². The topological polar surface area (TPSA) is 48.1 Å². The second-order valence-corrected chi connectivity index (χ2v) is 5.08. The summed E-state index contributed by atoms with van der Waals surface area (Å²) in [5.74, 6) is 2.40. The second-order valence-electron chi connectivity index (χ2n) is 5.08. The molecule has 2 N–H and O–H groups in total. The molecule has 1 saturated carbocycles. The van der Waals surface area contributed by atoms with Crippen LogP contribution < -0.4 is 10.5 Å². The van der Waals surface area contributed by atoms with Crippen molar-refractivity contribution >= 4 is 0 Å². The molecule has 94 valence electrons. The minimum Gasteiger partial charge on any atom is -0.496 e. The summed E-state index contributed by atoms with van der Waals surface area (Å²) in [6.07, 6.45) is 5.53. The molecule has 1 aromatic heterocycles. The quantitative estimate of drug-likeness (QED) is 0.869. The molecule has 1 aliphatic carbocycles. The van der Waals surface area contributed by atoms with Gasteiger partial charge in [-0.1, -0.05) is 0 Å². The number of hydrogen-bond acceptors (Lipinski definition) is 3. The first-order valence-electron chi connectivity index (χ1n) is 6.36. The van der Waals surface area contributed by atoms with Crippen molar-refractivity contribution in [2.75, 3.05) is 13.7 Å². The summed E-state index contributed by atoms with van der Waals surface area (Å²) in [6, 6.07) is 0. The number of nitrogens with zero attached hydrogens (tertiary/aromatic N) is 1. The zero-order valence-electron chi connectivity index (χ0n) is 11.0. The fourth-order valence-corrected chi connectivity index (χ4v) is 2.74. The molecule has 0 spiro atoms. The fraction of sp³-hybridized carbons (Fsp3) is 0.643. The molecule has 2 rings (SSSR count). The Morgan fingerprint density at radius 1 is 1.35 bits per heavy atom. The van der Waals surface area contributed by atoms with Crippen molar-refractivity contribution < 1.29 is 4.74 Å². The van der Waals surface area contributed by atoms with Crippen molar-refractivity contribution in [2.45, 2.75) is 33.1 Å². The number of pyridine rings is 1.